The van der Waals surface area contributed by atoms with E-state index in [9.17, 15) is 5.11 Å². The highest BCUT2D eigenvalue weighted by molar-refractivity contribution is 6.32. The van der Waals surface area contributed by atoms with E-state index in [0.29, 0.717) is 23.3 Å². The Bertz CT molecular complexity index is 587. The molecule has 0 aliphatic heterocycles. The van der Waals surface area contributed by atoms with Crippen LogP contribution in [-0.2, 0) is 6.61 Å². The quantitative estimate of drug-likeness (QED) is 0.918. The van der Waals surface area contributed by atoms with Gasteiger partial charge in [0.05, 0.1) is 23.8 Å². The fraction of sp³-hybridized carbons (Fsp3) is 0.267. The van der Waals surface area contributed by atoms with Gasteiger partial charge >= 0.3 is 0 Å². The monoisotopic (exact) mass is 293 g/mol. The molecule has 0 unspecified atom stereocenters. The van der Waals surface area contributed by atoms with E-state index in [1.165, 1.54) is 0 Å². The number of nitrogens with zero attached hydrogens (tertiary/aromatic N) is 1. The number of aliphatic hydroxyl groups is 1. The van der Waals surface area contributed by atoms with Gasteiger partial charge in [-0.05, 0) is 36.8 Å². The summed E-state index contributed by atoms with van der Waals surface area (Å²) in [4.78, 5) is 4.10. The van der Waals surface area contributed by atoms with Crippen LogP contribution in [0.4, 0.5) is 0 Å². The molecule has 20 heavy (non-hydrogen) atoms. The Kier molecular flexibility index (Phi) is 4.82. The number of methoxy groups -OCH3 is 1. The number of aromatic nitrogens is 1. The molecular weight excluding hydrogens is 278 g/mol. The summed E-state index contributed by atoms with van der Waals surface area (Å²) in [6, 6.07) is 8.92. The predicted molar refractivity (Wildman–Crippen MR) is 77.2 cm³/mol. The Morgan fingerprint density at radius 2 is 2.15 bits per heavy atom. The molecule has 0 saturated carbocycles. The van der Waals surface area contributed by atoms with E-state index in [4.69, 9.17) is 21.1 Å². The van der Waals surface area contributed by atoms with Crippen molar-refractivity contribution < 1.29 is 14.6 Å². The second-order valence-electron chi connectivity index (χ2n) is 4.33. The molecule has 1 heterocycles. The van der Waals surface area contributed by atoms with Crippen LogP contribution in [0.25, 0.3) is 0 Å². The first kappa shape index (κ1) is 14.6. The third kappa shape index (κ3) is 3.40. The van der Waals surface area contributed by atoms with Crippen molar-refractivity contribution in [3.8, 4) is 11.6 Å². The summed E-state index contributed by atoms with van der Waals surface area (Å²) in [5.74, 6) is 1.09. The van der Waals surface area contributed by atoms with Crippen LogP contribution in [0.1, 0.15) is 24.2 Å². The Morgan fingerprint density at radius 3 is 2.80 bits per heavy atom. The molecule has 1 N–H and O–H groups in total. The number of hydrogen-bond acceptors (Lipinski definition) is 4. The summed E-state index contributed by atoms with van der Waals surface area (Å²) in [6.45, 7) is 2.00. The van der Waals surface area contributed by atoms with Gasteiger partial charge in [0.25, 0.3) is 0 Å². The summed E-state index contributed by atoms with van der Waals surface area (Å²) in [5, 5.41) is 9.96. The van der Waals surface area contributed by atoms with Gasteiger partial charge in [-0.3, -0.25) is 0 Å². The van der Waals surface area contributed by atoms with Gasteiger partial charge in [0, 0.05) is 6.20 Å². The standard InChI is InChI=1S/C15H16ClNO3/c1-10(18)11-5-6-14(13(16)8-11)20-9-12-4-3-7-17-15(12)19-2/h3-8,10,18H,9H2,1-2H3/t10-/m0/s1. The zero-order valence-corrected chi connectivity index (χ0v) is 12.1. The van der Waals surface area contributed by atoms with Gasteiger partial charge in [-0.15, -0.1) is 0 Å². The molecule has 0 amide bonds. The van der Waals surface area contributed by atoms with Crippen molar-refractivity contribution in [3.05, 3.63) is 52.7 Å². The number of benzene rings is 1. The Hall–Kier alpha value is -1.78. The predicted octanol–water partition coefficient (Wildman–Crippen LogP) is 3.38. The highest BCUT2D eigenvalue weighted by Gasteiger charge is 2.09. The van der Waals surface area contributed by atoms with Crippen molar-refractivity contribution in [1.29, 1.82) is 0 Å². The van der Waals surface area contributed by atoms with Crippen molar-refractivity contribution >= 4 is 11.6 Å². The van der Waals surface area contributed by atoms with E-state index in [1.54, 1.807) is 38.4 Å². The van der Waals surface area contributed by atoms with Gasteiger partial charge in [-0.25, -0.2) is 4.98 Å². The van der Waals surface area contributed by atoms with Crippen LogP contribution in [0.15, 0.2) is 36.5 Å². The molecule has 1 aromatic carbocycles. The minimum Gasteiger partial charge on any atom is -0.487 e. The zero-order valence-electron chi connectivity index (χ0n) is 11.3. The first-order chi connectivity index (χ1) is 9.61. The van der Waals surface area contributed by atoms with Crippen molar-refractivity contribution in [3.63, 3.8) is 0 Å². The molecule has 2 rings (SSSR count). The fourth-order valence-corrected chi connectivity index (χ4v) is 2.01. The second-order valence-corrected chi connectivity index (χ2v) is 4.73. The smallest absolute Gasteiger partial charge is 0.219 e. The molecule has 0 saturated heterocycles. The van der Waals surface area contributed by atoms with Gasteiger partial charge in [-0.2, -0.15) is 0 Å². The topological polar surface area (TPSA) is 51.6 Å². The summed E-state index contributed by atoms with van der Waals surface area (Å²) in [5.41, 5.74) is 1.59. The molecule has 0 spiro atoms. The van der Waals surface area contributed by atoms with Crippen LogP contribution in [0.5, 0.6) is 11.6 Å². The molecular formula is C15H16ClNO3. The van der Waals surface area contributed by atoms with Crippen molar-refractivity contribution in [2.75, 3.05) is 7.11 Å². The van der Waals surface area contributed by atoms with E-state index in [2.05, 4.69) is 4.98 Å². The second kappa shape index (κ2) is 6.59. The first-order valence-electron chi connectivity index (χ1n) is 6.20. The molecule has 0 radical (unpaired) electrons. The molecule has 2 aromatic rings. The molecule has 106 valence electrons. The number of rotatable bonds is 5. The molecule has 1 aromatic heterocycles. The molecule has 1 atom stereocenters. The van der Waals surface area contributed by atoms with Crippen LogP contribution >= 0.6 is 11.6 Å². The molecule has 0 aliphatic carbocycles. The van der Waals surface area contributed by atoms with Gasteiger partial charge in [0.15, 0.2) is 0 Å². The molecule has 0 fully saturated rings. The number of aliphatic hydroxyl groups excluding tert-OH is 1. The zero-order chi connectivity index (χ0) is 14.5. The van der Waals surface area contributed by atoms with Gasteiger partial charge < -0.3 is 14.6 Å². The van der Waals surface area contributed by atoms with Crippen LogP contribution in [0.2, 0.25) is 5.02 Å². The maximum absolute atomic E-state index is 9.49. The lowest BCUT2D eigenvalue weighted by atomic mass is 10.1. The molecule has 5 heteroatoms. The lowest BCUT2D eigenvalue weighted by Crippen LogP contribution is -2.01. The van der Waals surface area contributed by atoms with Crippen molar-refractivity contribution in [1.82, 2.24) is 4.98 Å². The van der Waals surface area contributed by atoms with Gasteiger partial charge in [0.2, 0.25) is 5.88 Å². The molecule has 0 aliphatic rings. The third-order valence-electron chi connectivity index (χ3n) is 2.86. The number of hydrogen-bond donors (Lipinski definition) is 1. The SMILES string of the molecule is COc1ncccc1COc1ccc([C@H](C)O)cc1Cl. The normalized spacial score (nSPS) is 12.0. The summed E-state index contributed by atoms with van der Waals surface area (Å²) in [6.07, 6.45) is 1.10. The average molecular weight is 294 g/mol. The Balaban J connectivity index is 2.11. The third-order valence-corrected chi connectivity index (χ3v) is 3.16. The van der Waals surface area contributed by atoms with E-state index in [1.807, 2.05) is 12.1 Å². The minimum atomic E-state index is -0.556. The molecule has 4 nitrogen and oxygen atoms in total. The minimum absolute atomic E-state index is 0.310. The van der Waals surface area contributed by atoms with E-state index >= 15 is 0 Å². The number of pyridine rings is 1. The fourth-order valence-electron chi connectivity index (χ4n) is 1.77. The van der Waals surface area contributed by atoms with E-state index in [-0.39, 0.29) is 0 Å². The van der Waals surface area contributed by atoms with E-state index < -0.39 is 6.10 Å². The maximum atomic E-state index is 9.49. The lowest BCUT2D eigenvalue weighted by molar-refractivity contribution is 0.199. The van der Waals surface area contributed by atoms with Crippen molar-refractivity contribution in [2.45, 2.75) is 19.6 Å². The van der Waals surface area contributed by atoms with Crippen LogP contribution in [-0.4, -0.2) is 17.2 Å². The summed E-state index contributed by atoms with van der Waals surface area (Å²) < 4.78 is 10.8. The summed E-state index contributed by atoms with van der Waals surface area (Å²) in [7, 11) is 1.57. The average Bonchev–Trinajstić information content (AvgIpc) is 2.46. The highest BCUT2D eigenvalue weighted by Crippen LogP contribution is 2.29. The van der Waals surface area contributed by atoms with Gasteiger partial charge in [0.1, 0.15) is 12.4 Å². The van der Waals surface area contributed by atoms with Crippen LogP contribution < -0.4 is 9.47 Å². The maximum Gasteiger partial charge on any atom is 0.219 e. The Morgan fingerprint density at radius 1 is 1.35 bits per heavy atom. The number of ether oxygens (including phenoxy) is 2. The van der Waals surface area contributed by atoms with Gasteiger partial charge in [-0.1, -0.05) is 17.7 Å². The first-order valence-corrected chi connectivity index (χ1v) is 6.58. The van der Waals surface area contributed by atoms with Crippen molar-refractivity contribution in [2.24, 2.45) is 0 Å². The van der Waals surface area contributed by atoms with E-state index in [0.717, 1.165) is 11.1 Å². The molecule has 0 bridgehead atoms. The lowest BCUT2D eigenvalue weighted by Gasteiger charge is -2.12. The largest absolute Gasteiger partial charge is 0.487 e. The number of halogens is 1. The van der Waals surface area contributed by atoms with Crippen LogP contribution in [0, 0.1) is 0 Å². The Labute approximate surface area is 122 Å². The van der Waals surface area contributed by atoms with Crippen LogP contribution in [0.3, 0.4) is 0 Å². The highest BCUT2D eigenvalue weighted by atomic mass is 35.5. The summed E-state index contributed by atoms with van der Waals surface area (Å²) >= 11 is 6.13.